The van der Waals surface area contributed by atoms with Crippen LogP contribution in [0.15, 0.2) is 18.2 Å². The summed E-state index contributed by atoms with van der Waals surface area (Å²) in [6.07, 6.45) is 3.24. The van der Waals surface area contributed by atoms with Gasteiger partial charge in [-0.3, -0.25) is 0 Å². The predicted molar refractivity (Wildman–Crippen MR) is 56.8 cm³/mol. The molecule has 0 radical (unpaired) electrons. The van der Waals surface area contributed by atoms with Crippen LogP contribution in [0.5, 0.6) is 0 Å². The van der Waals surface area contributed by atoms with Crippen molar-refractivity contribution >= 4 is 5.69 Å². The fourth-order valence-electron chi connectivity index (χ4n) is 2.17. The van der Waals surface area contributed by atoms with Gasteiger partial charge in [-0.1, -0.05) is 6.92 Å². The molecule has 1 aliphatic rings. The van der Waals surface area contributed by atoms with Crippen LogP contribution in [0.3, 0.4) is 0 Å². The van der Waals surface area contributed by atoms with E-state index in [2.05, 4.69) is 12.2 Å². The van der Waals surface area contributed by atoms with Gasteiger partial charge in [-0.15, -0.1) is 0 Å². The van der Waals surface area contributed by atoms with E-state index in [9.17, 15) is 8.78 Å². The maximum absolute atomic E-state index is 13.3. The Morgan fingerprint density at radius 3 is 2.73 bits per heavy atom. The minimum atomic E-state index is -0.398. The van der Waals surface area contributed by atoms with E-state index in [0.29, 0.717) is 5.92 Å². The molecule has 2 rings (SSSR count). The van der Waals surface area contributed by atoms with Crippen molar-refractivity contribution in [1.29, 1.82) is 0 Å². The Bertz CT molecular complexity index is 351. The summed E-state index contributed by atoms with van der Waals surface area (Å²) >= 11 is 0. The smallest absolute Gasteiger partial charge is 0.146 e. The summed E-state index contributed by atoms with van der Waals surface area (Å²) in [5.41, 5.74) is 0.286. The topological polar surface area (TPSA) is 12.0 Å². The number of hydrogen-bond donors (Lipinski definition) is 1. The molecule has 1 aromatic rings. The van der Waals surface area contributed by atoms with Crippen molar-refractivity contribution in [3.63, 3.8) is 0 Å². The zero-order valence-corrected chi connectivity index (χ0v) is 8.76. The quantitative estimate of drug-likeness (QED) is 0.788. The van der Waals surface area contributed by atoms with Crippen LogP contribution in [0.1, 0.15) is 26.2 Å². The monoisotopic (exact) mass is 211 g/mol. The van der Waals surface area contributed by atoms with E-state index >= 15 is 0 Å². The third-order valence-corrected chi connectivity index (χ3v) is 2.98. The Kier molecular flexibility index (Phi) is 2.89. The van der Waals surface area contributed by atoms with Crippen molar-refractivity contribution < 1.29 is 8.78 Å². The van der Waals surface area contributed by atoms with E-state index in [-0.39, 0.29) is 17.5 Å². The highest BCUT2D eigenvalue weighted by atomic mass is 19.1. The third-order valence-electron chi connectivity index (χ3n) is 2.98. The van der Waals surface area contributed by atoms with Crippen LogP contribution >= 0.6 is 0 Å². The fourth-order valence-corrected chi connectivity index (χ4v) is 2.17. The number of nitrogens with one attached hydrogen (secondary N) is 1. The molecule has 2 atom stereocenters. The number of anilines is 1. The molecule has 82 valence electrons. The first kappa shape index (κ1) is 10.4. The maximum atomic E-state index is 13.3. The van der Waals surface area contributed by atoms with Gasteiger partial charge in [0.1, 0.15) is 11.6 Å². The molecule has 0 aliphatic heterocycles. The average molecular weight is 211 g/mol. The highest BCUT2D eigenvalue weighted by molar-refractivity contribution is 5.45. The third kappa shape index (κ3) is 2.46. The van der Waals surface area contributed by atoms with Gasteiger partial charge in [0.05, 0.1) is 5.69 Å². The number of hydrogen-bond acceptors (Lipinski definition) is 1. The molecule has 1 saturated carbocycles. The first-order valence-electron chi connectivity index (χ1n) is 5.37. The van der Waals surface area contributed by atoms with Crippen LogP contribution in [-0.2, 0) is 0 Å². The first-order valence-corrected chi connectivity index (χ1v) is 5.37. The second-order valence-corrected chi connectivity index (χ2v) is 4.38. The molecule has 0 spiro atoms. The molecule has 15 heavy (non-hydrogen) atoms. The molecule has 0 heterocycles. The molecule has 1 aromatic carbocycles. The van der Waals surface area contributed by atoms with Gasteiger partial charge in [0.2, 0.25) is 0 Å². The number of benzene rings is 1. The van der Waals surface area contributed by atoms with Gasteiger partial charge >= 0.3 is 0 Å². The molecule has 0 aromatic heterocycles. The lowest BCUT2D eigenvalue weighted by molar-refractivity contribution is 0.590. The van der Waals surface area contributed by atoms with E-state index in [1.54, 1.807) is 0 Å². The van der Waals surface area contributed by atoms with Gasteiger partial charge in [-0.05, 0) is 43.4 Å². The second-order valence-electron chi connectivity index (χ2n) is 4.38. The number of rotatable bonds is 2. The van der Waals surface area contributed by atoms with E-state index in [4.69, 9.17) is 0 Å². The van der Waals surface area contributed by atoms with Crippen molar-refractivity contribution in [2.45, 2.75) is 32.2 Å². The molecule has 3 heteroatoms. The lowest BCUT2D eigenvalue weighted by Crippen LogP contribution is -2.16. The van der Waals surface area contributed by atoms with E-state index in [1.165, 1.54) is 6.07 Å². The van der Waals surface area contributed by atoms with Crippen LogP contribution in [0.25, 0.3) is 0 Å². The normalized spacial score (nSPS) is 25.5. The first-order chi connectivity index (χ1) is 7.15. The van der Waals surface area contributed by atoms with Crippen molar-refractivity contribution in [2.24, 2.45) is 5.92 Å². The summed E-state index contributed by atoms with van der Waals surface area (Å²) in [5.74, 6) is -0.0972. The molecular weight excluding hydrogens is 196 g/mol. The summed E-state index contributed by atoms with van der Waals surface area (Å²) in [6, 6.07) is 3.81. The Morgan fingerprint density at radius 2 is 2.07 bits per heavy atom. The van der Waals surface area contributed by atoms with E-state index in [1.807, 2.05) is 0 Å². The van der Waals surface area contributed by atoms with Crippen molar-refractivity contribution in [1.82, 2.24) is 0 Å². The highest BCUT2D eigenvalue weighted by Crippen LogP contribution is 2.28. The highest BCUT2D eigenvalue weighted by Gasteiger charge is 2.21. The maximum Gasteiger partial charge on any atom is 0.146 e. The lowest BCUT2D eigenvalue weighted by atomic mass is 10.1. The average Bonchev–Trinajstić information content (AvgIpc) is 2.58. The molecule has 1 nitrogen and oxygen atoms in total. The Labute approximate surface area is 88.5 Å². The van der Waals surface area contributed by atoms with Crippen LogP contribution < -0.4 is 5.32 Å². The van der Waals surface area contributed by atoms with Crippen LogP contribution in [0.2, 0.25) is 0 Å². The molecule has 0 bridgehead atoms. The second kappa shape index (κ2) is 4.17. The molecule has 0 saturated heterocycles. The van der Waals surface area contributed by atoms with Gasteiger partial charge in [0.25, 0.3) is 0 Å². The molecule has 1 aliphatic carbocycles. The molecule has 0 unspecified atom stereocenters. The molecule has 1 N–H and O–H groups in total. The summed E-state index contributed by atoms with van der Waals surface area (Å²) in [6.45, 7) is 2.18. The minimum Gasteiger partial charge on any atom is -0.380 e. The van der Waals surface area contributed by atoms with E-state index in [0.717, 1.165) is 31.4 Å². The lowest BCUT2D eigenvalue weighted by Gasteiger charge is -2.14. The largest absolute Gasteiger partial charge is 0.380 e. The number of halogens is 2. The zero-order valence-electron chi connectivity index (χ0n) is 8.76. The van der Waals surface area contributed by atoms with Crippen LogP contribution in [0.4, 0.5) is 14.5 Å². The summed E-state index contributed by atoms with van der Waals surface area (Å²) < 4.78 is 26.2. The van der Waals surface area contributed by atoms with Crippen molar-refractivity contribution in [2.75, 3.05) is 5.32 Å². The van der Waals surface area contributed by atoms with Gasteiger partial charge in [-0.25, -0.2) is 8.78 Å². The van der Waals surface area contributed by atoms with Crippen LogP contribution in [-0.4, -0.2) is 6.04 Å². The molecule has 1 fully saturated rings. The SMILES string of the molecule is C[C@H]1CC[C@H](Nc2cc(F)ccc2F)C1. The summed E-state index contributed by atoms with van der Waals surface area (Å²) in [4.78, 5) is 0. The van der Waals surface area contributed by atoms with Crippen LogP contribution in [0, 0.1) is 17.6 Å². The van der Waals surface area contributed by atoms with E-state index < -0.39 is 5.82 Å². The van der Waals surface area contributed by atoms with Gasteiger partial charge in [-0.2, -0.15) is 0 Å². The van der Waals surface area contributed by atoms with Gasteiger partial charge in [0, 0.05) is 6.04 Å². The molecule has 0 amide bonds. The zero-order chi connectivity index (χ0) is 10.8. The standard InChI is InChI=1S/C12H15F2N/c1-8-2-4-10(6-8)15-12-7-9(13)3-5-11(12)14/h3,5,7-8,10,15H,2,4,6H2,1H3/t8-,10-/m0/s1. The van der Waals surface area contributed by atoms with Crippen molar-refractivity contribution in [3.05, 3.63) is 29.8 Å². The Balaban J connectivity index is 2.07. The fraction of sp³-hybridized carbons (Fsp3) is 0.500. The minimum absolute atomic E-state index is 0.286. The Hall–Kier alpha value is -1.12. The van der Waals surface area contributed by atoms with Gasteiger partial charge < -0.3 is 5.32 Å². The predicted octanol–water partition coefficient (Wildman–Crippen LogP) is 3.57. The summed E-state index contributed by atoms with van der Waals surface area (Å²) in [5, 5.41) is 3.07. The Morgan fingerprint density at radius 1 is 1.27 bits per heavy atom. The molecular formula is C12H15F2N. The van der Waals surface area contributed by atoms with Crippen molar-refractivity contribution in [3.8, 4) is 0 Å². The van der Waals surface area contributed by atoms with Gasteiger partial charge in [0.15, 0.2) is 0 Å². The summed E-state index contributed by atoms with van der Waals surface area (Å²) in [7, 11) is 0.